The Labute approximate surface area is 137 Å². The highest BCUT2D eigenvalue weighted by Gasteiger charge is 2.41. The summed E-state index contributed by atoms with van der Waals surface area (Å²) < 4.78 is 10.1. The predicted molar refractivity (Wildman–Crippen MR) is 80.1 cm³/mol. The van der Waals surface area contributed by atoms with E-state index in [2.05, 4.69) is 0 Å². The van der Waals surface area contributed by atoms with Crippen LogP contribution >= 0.6 is 11.6 Å². The summed E-state index contributed by atoms with van der Waals surface area (Å²) in [4.78, 5) is 38.0. The Morgan fingerprint density at radius 1 is 1.30 bits per heavy atom. The first kappa shape index (κ1) is 15.6. The van der Waals surface area contributed by atoms with Gasteiger partial charge in [-0.3, -0.25) is 9.59 Å². The Morgan fingerprint density at radius 3 is 2.70 bits per heavy atom. The molecule has 0 aliphatic carbocycles. The lowest BCUT2D eigenvalue weighted by Gasteiger charge is -2.20. The molecule has 2 fully saturated rings. The van der Waals surface area contributed by atoms with Gasteiger partial charge >= 0.3 is 6.09 Å². The molecule has 0 N–H and O–H groups in total. The predicted octanol–water partition coefficient (Wildman–Crippen LogP) is 1.30. The molecule has 0 aromatic heterocycles. The van der Waals surface area contributed by atoms with Crippen molar-refractivity contribution < 1.29 is 23.9 Å². The summed E-state index contributed by atoms with van der Waals surface area (Å²) in [7, 11) is 0. The number of hydrogen-bond donors (Lipinski definition) is 0. The van der Waals surface area contributed by atoms with E-state index in [0.717, 1.165) is 4.90 Å². The van der Waals surface area contributed by atoms with E-state index in [1.807, 2.05) is 0 Å². The molecule has 2 saturated heterocycles. The van der Waals surface area contributed by atoms with E-state index in [0.29, 0.717) is 30.3 Å². The van der Waals surface area contributed by atoms with Crippen LogP contribution in [0, 0.1) is 0 Å². The zero-order chi connectivity index (χ0) is 16.4. The Balaban J connectivity index is 1.52. The maximum atomic E-state index is 12.2. The molecule has 3 rings (SSSR count). The molecule has 2 heterocycles. The second kappa shape index (κ2) is 6.45. The molecule has 1 atom stereocenters. The zero-order valence-corrected chi connectivity index (χ0v) is 13.0. The lowest BCUT2D eigenvalue weighted by molar-refractivity contribution is -0.133. The number of nitrogens with zero attached hydrogens (tertiary/aromatic N) is 2. The molecule has 7 nitrogen and oxygen atoms in total. The molecule has 2 aliphatic heterocycles. The molecule has 0 spiro atoms. The van der Waals surface area contributed by atoms with Crippen LogP contribution in [0.1, 0.15) is 6.42 Å². The monoisotopic (exact) mass is 338 g/mol. The molecule has 0 saturated carbocycles. The molecule has 1 aromatic rings. The lowest BCUT2D eigenvalue weighted by Crippen LogP contribution is -2.42. The minimum Gasteiger partial charge on any atom is -0.484 e. The van der Waals surface area contributed by atoms with Crippen molar-refractivity contribution >= 4 is 29.5 Å². The van der Waals surface area contributed by atoms with Crippen LogP contribution in [0.25, 0.3) is 0 Å². The number of imide groups is 1. The highest BCUT2D eigenvalue weighted by Crippen LogP contribution is 2.21. The summed E-state index contributed by atoms with van der Waals surface area (Å²) in [5.74, 6) is 0.00553. The van der Waals surface area contributed by atoms with Crippen LogP contribution in [0.15, 0.2) is 24.3 Å². The highest BCUT2D eigenvalue weighted by molar-refractivity contribution is 6.30. The molecule has 0 bridgehead atoms. The number of carbonyl (C=O) groups excluding carboxylic acids is 3. The fourth-order valence-corrected chi connectivity index (χ4v) is 2.79. The third kappa shape index (κ3) is 3.39. The summed E-state index contributed by atoms with van der Waals surface area (Å²) in [6.45, 7) is 0.462. The molecule has 0 radical (unpaired) electrons. The van der Waals surface area contributed by atoms with Gasteiger partial charge < -0.3 is 14.4 Å². The van der Waals surface area contributed by atoms with Gasteiger partial charge in [-0.05, 0) is 30.7 Å². The average Bonchev–Trinajstić information content (AvgIpc) is 3.13. The first-order valence-electron chi connectivity index (χ1n) is 7.19. The number of rotatable bonds is 4. The average molecular weight is 339 g/mol. The van der Waals surface area contributed by atoms with Crippen LogP contribution in [0.5, 0.6) is 5.75 Å². The number of likely N-dealkylation sites (tertiary alicyclic amines) is 1. The van der Waals surface area contributed by atoms with E-state index in [1.165, 1.54) is 0 Å². The van der Waals surface area contributed by atoms with Crippen molar-refractivity contribution in [2.45, 2.75) is 12.5 Å². The second-order valence-electron chi connectivity index (χ2n) is 5.34. The zero-order valence-electron chi connectivity index (χ0n) is 12.2. The van der Waals surface area contributed by atoms with Crippen LogP contribution in [0.4, 0.5) is 4.79 Å². The lowest BCUT2D eigenvalue weighted by atomic mass is 10.2. The fourth-order valence-electron chi connectivity index (χ4n) is 2.66. The van der Waals surface area contributed by atoms with Crippen molar-refractivity contribution in [2.75, 3.05) is 26.3 Å². The standard InChI is InChI=1S/C15H15ClN2O5/c16-10-1-3-12(4-2-10)22-8-13(19)17-6-5-11(7-17)18-14(20)9-23-15(18)21/h1-4,11H,5-9H2/t11-/m1/s1. The van der Waals surface area contributed by atoms with Gasteiger partial charge in [0.25, 0.3) is 11.8 Å². The maximum Gasteiger partial charge on any atom is 0.417 e. The Kier molecular flexibility index (Phi) is 4.38. The topological polar surface area (TPSA) is 76.2 Å². The number of halogens is 1. The van der Waals surface area contributed by atoms with E-state index < -0.39 is 6.09 Å². The van der Waals surface area contributed by atoms with Crippen LogP contribution in [0.3, 0.4) is 0 Å². The van der Waals surface area contributed by atoms with Gasteiger partial charge in [0.2, 0.25) is 0 Å². The SMILES string of the molecule is O=C(COc1ccc(Cl)cc1)N1CC[C@@H](N2C(=O)COC2=O)C1. The Hall–Kier alpha value is -2.28. The molecule has 0 unspecified atom stereocenters. The smallest absolute Gasteiger partial charge is 0.417 e. The summed E-state index contributed by atoms with van der Waals surface area (Å²) in [5, 5.41) is 0.591. The molecule has 1 aromatic carbocycles. The van der Waals surface area contributed by atoms with Crippen molar-refractivity contribution in [1.82, 2.24) is 9.80 Å². The number of amides is 3. The number of carbonyl (C=O) groups is 3. The first-order valence-corrected chi connectivity index (χ1v) is 7.57. The van der Waals surface area contributed by atoms with Gasteiger partial charge in [0, 0.05) is 18.1 Å². The van der Waals surface area contributed by atoms with E-state index in [4.69, 9.17) is 21.1 Å². The van der Waals surface area contributed by atoms with E-state index >= 15 is 0 Å². The molecular formula is C15H15ClN2O5. The summed E-state index contributed by atoms with van der Waals surface area (Å²) in [5.41, 5.74) is 0. The second-order valence-corrected chi connectivity index (χ2v) is 5.78. The molecular weight excluding hydrogens is 324 g/mol. The largest absolute Gasteiger partial charge is 0.484 e. The molecule has 23 heavy (non-hydrogen) atoms. The molecule has 8 heteroatoms. The van der Waals surface area contributed by atoms with E-state index in [9.17, 15) is 14.4 Å². The van der Waals surface area contributed by atoms with Gasteiger partial charge in [0.1, 0.15) is 5.75 Å². The third-order valence-electron chi connectivity index (χ3n) is 3.84. The summed E-state index contributed by atoms with van der Waals surface area (Å²) >= 11 is 5.78. The fraction of sp³-hybridized carbons (Fsp3) is 0.400. The van der Waals surface area contributed by atoms with Crippen LogP contribution < -0.4 is 4.74 Å². The third-order valence-corrected chi connectivity index (χ3v) is 4.09. The highest BCUT2D eigenvalue weighted by atomic mass is 35.5. The van der Waals surface area contributed by atoms with Gasteiger partial charge in [-0.2, -0.15) is 0 Å². The van der Waals surface area contributed by atoms with E-state index in [-0.39, 0.29) is 31.1 Å². The van der Waals surface area contributed by atoms with Crippen molar-refractivity contribution in [3.05, 3.63) is 29.3 Å². The number of hydrogen-bond acceptors (Lipinski definition) is 5. The number of benzene rings is 1. The minimum absolute atomic E-state index is 0.104. The minimum atomic E-state index is -0.633. The van der Waals surface area contributed by atoms with Gasteiger partial charge in [0.05, 0.1) is 6.04 Å². The normalized spacial score (nSPS) is 20.8. The summed E-state index contributed by atoms with van der Waals surface area (Å²) in [6.07, 6.45) is -0.0835. The molecule has 3 amide bonds. The maximum absolute atomic E-state index is 12.2. The van der Waals surface area contributed by atoms with Crippen molar-refractivity contribution in [1.29, 1.82) is 0 Å². The summed E-state index contributed by atoms with van der Waals surface area (Å²) in [6, 6.07) is 6.40. The van der Waals surface area contributed by atoms with Crippen LogP contribution in [-0.2, 0) is 14.3 Å². The van der Waals surface area contributed by atoms with Gasteiger partial charge in [-0.15, -0.1) is 0 Å². The Bertz CT molecular complexity index is 617. The quantitative estimate of drug-likeness (QED) is 0.827. The van der Waals surface area contributed by atoms with Crippen molar-refractivity contribution in [3.8, 4) is 5.75 Å². The van der Waals surface area contributed by atoms with Crippen LogP contribution in [-0.4, -0.2) is 60.1 Å². The van der Waals surface area contributed by atoms with Crippen LogP contribution in [0.2, 0.25) is 5.02 Å². The Morgan fingerprint density at radius 2 is 2.04 bits per heavy atom. The molecule has 122 valence electrons. The van der Waals surface area contributed by atoms with Crippen molar-refractivity contribution in [2.24, 2.45) is 0 Å². The van der Waals surface area contributed by atoms with E-state index in [1.54, 1.807) is 29.2 Å². The number of cyclic esters (lactones) is 1. The number of ether oxygens (including phenoxy) is 2. The van der Waals surface area contributed by atoms with Gasteiger partial charge in [-0.1, -0.05) is 11.6 Å². The first-order chi connectivity index (χ1) is 11.0. The molecule has 2 aliphatic rings. The van der Waals surface area contributed by atoms with Gasteiger partial charge in [-0.25, -0.2) is 9.69 Å². The van der Waals surface area contributed by atoms with Crippen molar-refractivity contribution in [3.63, 3.8) is 0 Å². The van der Waals surface area contributed by atoms with Gasteiger partial charge in [0.15, 0.2) is 13.2 Å².